The number of alkyl halides is 1. The highest BCUT2D eigenvalue weighted by atomic mass is 127. The van der Waals surface area contributed by atoms with Crippen LogP contribution < -0.4 is 0 Å². The second kappa shape index (κ2) is 5.00. The molecule has 0 aliphatic heterocycles. The molecule has 0 amide bonds. The van der Waals surface area contributed by atoms with E-state index in [9.17, 15) is 4.79 Å². The second-order valence-electron chi connectivity index (χ2n) is 2.93. The van der Waals surface area contributed by atoms with Crippen LogP contribution in [0.4, 0.5) is 0 Å². The van der Waals surface area contributed by atoms with Crippen LogP contribution in [0, 0.1) is 0 Å². The van der Waals surface area contributed by atoms with Crippen molar-refractivity contribution < 1.29 is 4.79 Å². The van der Waals surface area contributed by atoms with Crippen LogP contribution in [-0.4, -0.2) is 9.71 Å². The van der Waals surface area contributed by atoms with Crippen molar-refractivity contribution in [1.29, 1.82) is 0 Å². The predicted octanol–water partition coefficient (Wildman–Crippen LogP) is 3.37. The molecule has 0 N–H and O–H groups in total. The van der Waals surface area contributed by atoms with E-state index in [1.165, 1.54) is 0 Å². The van der Waals surface area contributed by atoms with Crippen molar-refractivity contribution in [2.75, 3.05) is 0 Å². The molecule has 0 spiro atoms. The number of benzene rings is 1. The van der Waals surface area contributed by atoms with E-state index in [0.717, 1.165) is 10.5 Å². The van der Waals surface area contributed by atoms with Gasteiger partial charge in [0.25, 0.3) is 0 Å². The molecule has 13 heavy (non-hydrogen) atoms. The summed E-state index contributed by atoms with van der Waals surface area (Å²) in [6.07, 6.45) is 0.581. The number of ketones is 1. The SMILES string of the molecule is CC(I)CC(=O)c1ccccc1S. The van der Waals surface area contributed by atoms with E-state index < -0.39 is 0 Å². The molecule has 1 nitrogen and oxygen atoms in total. The molecule has 0 aliphatic rings. The van der Waals surface area contributed by atoms with Gasteiger partial charge in [-0.15, -0.1) is 12.6 Å². The van der Waals surface area contributed by atoms with Crippen molar-refractivity contribution >= 4 is 41.0 Å². The van der Waals surface area contributed by atoms with Crippen LogP contribution in [0.25, 0.3) is 0 Å². The van der Waals surface area contributed by atoms with E-state index in [-0.39, 0.29) is 5.78 Å². The van der Waals surface area contributed by atoms with E-state index >= 15 is 0 Å². The van der Waals surface area contributed by atoms with Crippen LogP contribution in [-0.2, 0) is 0 Å². The maximum atomic E-state index is 11.6. The third-order valence-corrected chi connectivity index (χ3v) is 2.50. The zero-order valence-electron chi connectivity index (χ0n) is 7.33. The normalized spacial score (nSPS) is 12.5. The Hall–Kier alpha value is -0.0300. The number of carbonyl (C=O) groups is 1. The Morgan fingerprint density at radius 2 is 2.15 bits per heavy atom. The first-order valence-electron chi connectivity index (χ1n) is 4.06. The highest BCUT2D eigenvalue weighted by molar-refractivity contribution is 14.1. The van der Waals surface area contributed by atoms with E-state index in [1.54, 1.807) is 0 Å². The molecule has 0 bridgehead atoms. The van der Waals surface area contributed by atoms with E-state index in [0.29, 0.717) is 10.3 Å². The van der Waals surface area contributed by atoms with Crippen LogP contribution in [0.1, 0.15) is 23.7 Å². The molecule has 1 rings (SSSR count). The van der Waals surface area contributed by atoms with Crippen molar-refractivity contribution in [1.82, 2.24) is 0 Å². The molecule has 0 saturated heterocycles. The highest BCUT2D eigenvalue weighted by Gasteiger charge is 2.10. The van der Waals surface area contributed by atoms with Crippen LogP contribution in [0.15, 0.2) is 29.2 Å². The number of halogens is 1. The number of hydrogen-bond donors (Lipinski definition) is 1. The lowest BCUT2D eigenvalue weighted by Crippen LogP contribution is -2.05. The van der Waals surface area contributed by atoms with Crippen molar-refractivity contribution in [2.45, 2.75) is 22.2 Å². The second-order valence-corrected chi connectivity index (χ2v) is 5.53. The summed E-state index contributed by atoms with van der Waals surface area (Å²) in [7, 11) is 0. The lowest BCUT2D eigenvalue weighted by molar-refractivity contribution is 0.0982. The van der Waals surface area contributed by atoms with Gasteiger partial charge in [-0.2, -0.15) is 0 Å². The van der Waals surface area contributed by atoms with Gasteiger partial charge >= 0.3 is 0 Å². The summed E-state index contributed by atoms with van der Waals surface area (Å²) < 4.78 is 0.373. The van der Waals surface area contributed by atoms with Gasteiger partial charge in [0.05, 0.1) is 0 Å². The Kier molecular flexibility index (Phi) is 4.25. The van der Waals surface area contributed by atoms with Gasteiger partial charge in [-0.1, -0.05) is 47.7 Å². The molecule has 0 aromatic heterocycles. The predicted molar refractivity (Wildman–Crippen MR) is 66.1 cm³/mol. The average molecular weight is 306 g/mol. The minimum atomic E-state index is 0.174. The van der Waals surface area contributed by atoms with Gasteiger partial charge in [-0.05, 0) is 6.07 Å². The summed E-state index contributed by atoms with van der Waals surface area (Å²) >= 11 is 6.49. The van der Waals surface area contributed by atoms with E-state index in [2.05, 4.69) is 35.2 Å². The molecule has 1 aromatic carbocycles. The van der Waals surface area contributed by atoms with Crippen molar-refractivity contribution in [3.8, 4) is 0 Å². The quantitative estimate of drug-likeness (QED) is 0.392. The zero-order chi connectivity index (χ0) is 9.84. The number of rotatable bonds is 3. The fourth-order valence-corrected chi connectivity index (χ4v) is 1.76. The van der Waals surface area contributed by atoms with Gasteiger partial charge < -0.3 is 0 Å². The molecular formula is C10H11IOS. The third-order valence-electron chi connectivity index (χ3n) is 1.67. The van der Waals surface area contributed by atoms with Gasteiger partial charge in [0.1, 0.15) is 0 Å². The summed E-state index contributed by atoms with van der Waals surface area (Å²) in [5.74, 6) is 0.174. The first-order chi connectivity index (χ1) is 6.11. The van der Waals surface area contributed by atoms with Crippen molar-refractivity contribution in [2.24, 2.45) is 0 Å². The highest BCUT2D eigenvalue weighted by Crippen LogP contribution is 2.17. The molecule has 1 unspecified atom stereocenters. The van der Waals surface area contributed by atoms with Gasteiger partial charge in [-0.25, -0.2) is 0 Å². The summed E-state index contributed by atoms with van der Waals surface area (Å²) in [6.45, 7) is 2.03. The molecule has 0 heterocycles. The van der Waals surface area contributed by atoms with Crippen molar-refractivity contribution in [3.05, 3.63) is 29.8 Å². The smallest absolute Gasteiger partial charge is 0.165 e. The minimum absolute atomic E-state index is 0.174. The van der Waals surface area contributed by atoms with Crippen LogP contribution in [0.3, 0.4) is 0 Å². The van der Waals surface area contributed by atoms with Crippen LogP contribution in [0.2, 0.25) is 0 Å². The molecule has 70 valence electrons. The Bertz CT molecular complexity index is 310. The van der Waals surface area contributed by atoms with E-state index in [4.69, 9.17) is 0 Å². The minimum Gasteiger partial charge on any atom is -0.294 e. The summed E-state index contributed by atoms with van der Waals surface area (Å²) in [5.41, 5.74) is 0.731. The first-order valence-corrected chi connectivity index (χ1v) is 5.76. The summed E-state index contributed by atoms with van der Waals surface area (Å²) in [6, 6.07) is 7.41. The molecule has 0 saturated carbocycles. The zero-order valence-corrected chi connectivity index (χ0v) is 10.4. The fourth-order valence-electron chi connectivity index (χ4n) is 1.07. The first kappa shape index (κ1) is 11.0. The summed E-state index contributed by atoms with van der Waals surface area (Å²) in [5, 5.41) is 0. The van der Waals surface area contributed by atoms with E-state index in [1.807, 2.05) is 31.2 Å². The number of hydrogen-bond acceptors (Lipinski definition) is 2. The molecule has 0 fully saturated rings. The molecule has 0 aliphatic carbocycles. The average Bonchev–Trinajstić information content (AvgIpc) is 2.03. The number of thiol groups is 1. The van der Waals surface area contributed by atoms with Gasteiger partial charge in [-0.3, -0.25) is 4.79 Å². The molecule has 1 aromatic rings. The maximum absolute atomic E-state index is 11.6. The third kappa shape index (κ3) is 3.31. The fraction of sp³-hybridized carbons (Fsp3) is 0.300. The standard InChI is InChI=1S/C10H11IOS/c1-7(11)6-9(12)8-4-2-3-5-10(8)13/h2-5,7,13H,6H2,1H3. The maximum Gasteiger partial charge on any atom is 0.165 e. The van der Waals surface area contributed by atoms with Crippen molar-refractivity contribution in [3.63, 3.8) is 0 Å². The Labute approximate surface area is 97.5 Å². The van der Waals surface area contributed by atoms with Gasteiger partial charge in [0.2, 0.25) is 0 Å². The lowest BCUT2D eigenvalue weighted by Gasteiger charge is -2.04. The number of carbonyl (C=O) groups excluding carboxylic acids is 1. The van der Waals surface area contributed by atoms with Crippen LogP contribution in [0.5, 0.6) is 0 Å². The number of Topliss-reactive ketones (excluding diaryl/α,β-unsaturated/α-hetero) is 1. The molecule has 3 heteroatoms. The molecular weight excluding hydrogens is 295 g/mol. The molecule has 1 atom stereocenters. The molecule has 0 radical (unpaired) electrons. The monoisotopic (exact) mass is 306 g/mol. The Balaban J connectivity index is 2.83. The topological polar surface area (TPSA) is 17.1 Å². The van der Waals surface area contributed by atoms with Gasteiger partial charge in [0, 0.05) is 20.8 Å². The lowest BCUT2D eigenvalue weighted by atomic mass is 10.1. The Morgan fingerprint density at radius 3 is 2.69 bits per heavy atom. The Morgan fingerprint density at radius 1 is 1.54 bits per heavy atom. The van der Waals surface area contributed by atoms with Gasteiger partial charge in [0.15, 0.2) is 5.78 Å². The largest absolute Gasteiger partial charge is 0.294 e. The summed E-state index contributed by atoms with van der Waals surface area (Å²) in [4.78, 5) is 12.4. The van der Waals surface area contributed by atoms with Crippen LogP contribution >= 0.6 is 35.2 Å².